The van der Waals surface area contributed by atoms with Crippen LogP contribution in [0.2, 0.25) is 0 Å². The molecule has 1 heterocycles. The Morgan fingerprint density at radius 2 is 1.86 bits per heavy atom. The van der Waals surface area contributed by atoms with E-state index in [1.54, 1.807) is 23.5 Å². The van der Waals surface area contributed by atoms with E-state index in [1.807, 2.05) is 45.9 Å². The minimum atomic E-state index is -1.33. The van der Waals surface area contributed by atoms with Crippen molar-refractivity contribution in [3.8, 4) is 0 Å². The van der Waals surface area contributed by atoms with Crippen molar-refractivity contribution in [2.24, 2.45) is 0 Å². The van der Waals surface area contributed by atoms with E-state index >= 15 is 0 Å². The smallest absolute Gasteiger partial charge is 0.334 e. The molecule has 0 spiro atoms. The molecular formula is C21H27NO3S3. The van der Waals surface area contributed by atoms with Gasteiger partial charge in [-0.25, -0.2) is 4.79 Å². The van der Waals surface area contributed by atoms with Gasteiger partial charge in [-0.2, -0.15) is 0 Å². The molecule has 0 bridgehead atoms. The first-order valence-corrected chi connectivity index (χ1v) is 12.5. The van der Waals surface area contributed by atoms with Crippen LogP contribution >= 0.6 is 23.5 Å². The molecule has 1 unspecified atom stereocenters. The lowest BCUT2D eigenvalue weighted by atomic mass is 9.99. The van der Waals surface area contributed by atoms with Crippen molar-refractivity contribution in [2.75, 3.05) is 18.1 Å². The molecule has 2 aromatic carbocycles. The molecule has 1 saturated heterocycles. The SMILES string of the molecule is CCOC(=O)C1([C@H](N[S+]([O-])C(C)(C)C)c2ccc3ccccc3c2)SCCS1. The average Bonchev–Trinajstić information content (AvgIpc) is 3.16. The fraction of sp³-hybridized carbons (Fsp3) is 0.476. The molecule has 1 fully saturated rings. The number of benzene rings is 2. The predicted molar refractivity (Wildman–Crippen MR) is 122 cm³/mol. The van der Waals surface area contributed by atoms with Crippen LogP contribution in [-0.4, -0.2) is 37.5 Å². The van der Waals surface area contributed by atoms with E-state index in [0.29, 0.717) is 6.61 Å². The molecule has 0 aliphatic carbocycles. The first-order chi connectivity index (χ1) is 13.3. The summed E-state index contributed by atoms with van der Waals surface area (Å²) in [5.41, 5.74) is 0.950. The van der Waals surface area contributed by atoms with Crippen molar-refractivity contribution in [2.45, 2.75) is 42.6 Å². The summed E-state index contributed by atoms with van der Waals surface area (Å²) in [6.07, 6.45) is 0. The van der Waals surface area contributed by atoms with Crippen LogP contribution in [0.15, 0.2) is 42.5 Å². The average molecular weight is 438 g/mol. The van der Waals surface area contributed by atoms with Crippen molar-refractivity contribution in [1.29, 1.82) is 0 Å². The molecule has 1 N–H and O–H groups in total. The minimum Gasteiger partial charge on any atom is -0.598 e. The quantitative estimate of drug-likeness (QED) is 0.523. The van der Waals surface area contributed by atoms with E-state index in [4.69, 9.17) is 4.74 Å². The van der Waals surface area contributed by atoms with Crippen molar-refractivity contribution in [3.05, 3.63) is 48.0 Å². The molecule has 7 heteroatoms. The van der Waals surface area contributed by atoms with Gasteiger partial charge in [-0.05, 0) is 50.1 Å². The van der Waals surface area contributed by atoms with Gasteiger partial charge in [-0.1, -0.05) is 36.4 Å². The van der Waals surface area contributed by atoms with Gasteiger partial charge in [0.15, 0.2) is 4.08 Å². The number of thioether (sulfide) groups is 2. The van der Waals surface area contributed by atoms with Crippen LogP contribution in [0.4, 0.5) is 0 Å². The summed E-state index contributed by atoms with van der Waals surface area (Å²) in [7, 11) is 0. The maximum absolute atomic E-state index is 13.1. The van der Waals surface area contributed by atoms with Gasteiger partial charge >= 0.3 is 5.97 Å². The Morgan fingerprint density at radius 3 is 2.46 bits per heavy atom. The van der Waals surface area contributed by atoms with Crippen LogP contribution in [0.5, 0.6) is 0 Å². The van der Waals surface area contributed by atoms with E-state index in [0.717, 1.165) is 27.8 Å². The first kappa shape index (κ1) is 21.8. The molecular weight excluding hydrogens is 410 g/mol. The highest BCUT2D eigenvalue weighted by molar-refractivity contribution is 8.22. The third-order valence-electron chi connectivity index (χ3n) is 4.54. The molecule has 1 aliphatic heterocycles. The van der Waals surface area contributed by atoms with Crippen molar-refractivity contribution < 1.29 is 14.1 Å². The molecule has 4 nitrogen and oxygen atoms in total. The van der Waals surface area contributed by atoms with E-state index in [-0.39, 0.29) is 5.97 Å². The number of hydrogen-bond acceptors (Lipinski definition) is 6. The van der Waals surface area contributed by atoms with E-state index in [1.165, 1.54) is 0 Å². The topological polar surface area (TPSA) is 61.4 Å². The zero-order valence-corrected chi connectivity index (χ0v) is 19.1. The van der Waals surface area contributed by atoms with Gasteiger partial charge in [-0.15, -0.1) is 28.2 Å². The summed E-state index contributed by atoms with van der Waals surface area (Å²) in [6, 6.07) is 13.9. The van der Waals surface area contributed by atoms with Crippen LogP contribution in [-0.2, 0) is 20.9 Å². The van der Waals surface area contributed by atoms with Gasteiger partial charge in [0.25, 0.3) is 0 Å². The highest BCUT2D eigenvalue weighted by Crippen LogP contribution is 2.53. The van der Waals surface area contributed by atoms with Gasteiger partial charge in [0.1, 0.15) is 10.8 Å². The summed E-state index contributed by atoms with van der Waals surface area (Å²) < 4.78 is 20.5. The Balaban J connectivity index is 2.08. The van der Waals surface area contributed by atoms with E-state index < -0.39 is 26.2 Å². The standard InChI is InChI=1S/C21H27NO3S3/c1-5-25-19(23)21(26-12-13-27-21)18(22-28(24)20(2,3)4)17-11-10-15-8-6-7-9-16(15)14-17/h6-11,14,18,22H,5,12-13H2,1-4H3/t18-,28?/m1/s1. The lowest BCUT2D eigenvalue weighted by Crippen LogP contribution is -2.50. The Bertz CT molecular complexity index is 831. The fourth-order valence-corrected chi connectivity index (χ4v) is 7.31. The number of esters is 1. The third-order valence-corrected chi connectivity index (χ3v) is 9.55. The van der Waals surface area contributed by atoms with Gasteiger partial charge in [-0.3, -0.25) is 0 Å². The van der Waals surface area contributed by atoms with Crippen LogP contribution in [0.1, 0.15) is 39.3 Å². The van der Waals surface area contributed by atoms with Crippen molar-refractivity contribution in [3.63, 3.8) is 0 Å². The summed E-state index contributed by atoms with van der Waals surface area (Å²) in [5, 5.41) is 2.24. The zero-order chi connectivity index (χ0) is 20.4. The molecule has 2 atom stereocenters. The summed E-state index contributed by atoms with van der Waals surface area (Å²) in [5.74, 6) is 1.47. The molecule has 1 aliphatic rings. The molecule has 152 valence electrons. The summed E-state index contributed by atoms with van der Waals surface area (Å²) in [6.45, 7) is 7.94. The number of carbonyl (C=O) groups excluding carboxylic acids is 1. The minimum absolute atomic E-state index is 0.251. The Morgan fingerprint density at radius 1 is 1.21 bits per heavy atom. The van der Waals surface area contributed by atoms with Crippen molar-refractivity contribution >= 4 is 51.6 Å². The molecule has 3 rings (SSSR count). The Labute approximate surface area is 178 Å². The van der Waals surface area contributed by atoms with Crippen LogP contribution in [0.3, 0.4) is 0 Å². The van der Waals surface area contributed by atoms with Crippen LogP contribution in [0, 0.1) is 0 Å². The zero-order valence-electron chi connectivity index (χ0n) is 16.7. The largest absolute Gasteiger partial charge is 0.598 e. The van der Waals surface area contributed by atoms with Gasteiger partial charge in [0, 0.05) is 22.9 Å². The summed E-state index contributed by atoms with van der Waals surface area (Å²) >= 11 is 1.85. The normalized spacial score (nSPS) is 18.8. The monoisotopic (exact) mass is 437 g/mol. The number of nitrogens with one attached hydrogen (secondary N) is 1. The van der Waals surface area contributed by atoms with E-state index in [9.17, 15) is 9.35 Å². The molecule has 2 aromatic rings. The van der Waals surface area contributed by atoms with Crippen molar-refractivity contribution in [1.82, 2.24) is 4.72 Å². The Kier molecular flexibility index (Phi) is 6.92. The molecule has 0 saturated carbocycles. The molecule has 0 amide bonds. The second-order valence-corrected chi connectivity index (χ2v) is 12.6. The lowest BCUT2D eigenvalue weighted by Gasteiger charge is -2.36. The van der Waals surface area contributed by atoms with Gasteiger partial charge < -0.3 is 9.29 Å². The third kappa shape index (κ3) is 4.49. The lowest BCUT2D eigenvalue weighted by molar-refractivity contribution is -0.144. The second kappa shape index (κ2) is 8.88. The number of fused-ring (bicyclic) bond motifs is 1. The number of hydrogen-bond donors (Lipinski definition) is 1. The maximum Gasteiger partial charge on any atom is 0.334 e. The van der Waals surface area contributed by atoms with Gasteiger partial charge in [0.05, 0.1) is 6.61 Å². The fourth-order valence-electron chi connectivity index (χ4n) is 3.10. The molecule has 0 aromatic heterocycles. The van der Waals surface area contributed by atoms with Crippen LogP contribution < -0.4 is 4.72 Å². The summed E-state index contributed by atoms with van der Waals surface area (Å²) in [4.78, 5) is 13.1. The van der Waals surface area contributed by atoms with Gasteiger partial charge in [0.2, 0.25) is 0 Å². The molecule has 0 radical (unpaired) electrons. The number of ether oxygens (including phenoxy) is 1. The predicted octanol–water partition coefficient (Wildman–Crippen LogP) is 4.67. The number of rotatable bonds is 6. The van der Waals surface area contributed by atoms with Crippen LogP contribution in [0.25, 0.3) is 10.8 Å². The second-order valence-electron chi connectivity index (χ2n) is 7.62. The van der Waals surface area contributed by atoms with E-state index in [2.05, 4.69) is 29.0 Å². The number of carbonyl (C=O) groups is 1. The molecule has 28 heavy (non-hydrogen) atoms. The Hall–Kier alpha value is -0.860. The maximum atomic E-state index is 13.1. The highest BCUT2D eigenvalue weighted by atomic mass is 32.2. The highest BCUT2D eigenvalue weighted by Gasteiger charge is 2.54. The first-order valence-electron chi connectivity index (χ1n) is 9.40.